The van der Waals surface area contributed by atoms with Crippen LogP contribution in [0.25, 0.3) is 11.2 Å². The van der Waals surface area contributed by atoms with Crippen LogP contribution in [0, 0.1) is 0 Å². The second-order valence-electron chi connectivity index (χ2n) is 3.10. The van der Waals surface area contributed by atoms with Gasteiger partial charge in [-0.1, -0.05) is 6.92 Å². The predicted octanol–water partition coefficient (Wildman–Crippen LogP) is -1.80. The molecular formula is C7H7N5O4S. The number of aromatic nitrogens is 5. The van der Waals surface area contributed by atoms with Gasteiger partial charge in [0.1, 0.15) is 0 Å². The Morgan fingerprint density at radius 3 is 2.53 bits per heavy atom. The zero-order valence-corrected chi connectivity index (χ0v) is 9.41. The molecule has 90 valence electrons. The Morgan fingerprint density at radius 2 is 1.88 bits per heavy atom. The highest BCUT2D eigenvalue weighted by Crippen LogP contribution is 2.04. The SMILES string of the molecule is CCS(=O)(=O)c1nnc2c(=O)[nH]c(=O)[nH]c2n1. The van der Waals surface area contributed by atoms with Crippen LogP contribution in [0.1, 0.15) is 6.92 Å². The quantitative estimate of drug-likeness (QED) is 0.646. The van der Waals surface area contributed by atoms with Crippen LogP contribution in [0.3, 0.4) is 0 Å². The Bertz CT molecular complexity index is 790. The number of H-pyrrole nitrogens is 2. The van der Waals surface area contributed by atoms with Gasteiger partial charge >= 0.3 is 5.69 Å². The van der Waals surface area contributed by atoms with Gasteiger partial charge in [-0.05, 0) is 0 Å². The van der Waals surface area contributed by atoms with Gasteiger partial charge in [0, 0.05) is 0 Å². The lowest BCUT2D eigenvalue weighted by atomic mass is 10.5. The van der Waals surface area contributed by atoms with E-state index in [9.17, 15) is 18.0 Å². The lowest BCUT2D eigenvalue weighted by Gasteiger charge is -1.99. The highest BCUT2D eigenvalue weighted by molar-refractivity contribution is 7.91. The molecule has 0 spiro atoms. The Hall–Kier alpha value is -2.10. The topological polar surface area (TPSA) is 139 Å². The summed E-state index contributed by atoms with van der Waals surface area (Å²) < 4.78 is 22.9. The number of hydrogen-bond donors (Lipinski definition) is 2. The first kappa shape index (κ1) is 11.4. The Morgan fingerprint density at radius 1 is 1.18 bits per heavy atom. The fourth-order valence-corrected chi connectivity index (χ4v) is 1.77. The normalized spacial score (nSPS) is 11.8. The van der Waals surface area contributed by atoms with E-state index in [-0.39, 0.29) is 16.9 Å². The first-order valence-corrected chi connectivity index (χ1v) is 6.19. The molecule has 0 fully saturated rings. The van der Waals surface area contributed by atoms with Gasteiger partial charge in [0.15, 0.2) is 11.2 Å². The molecular weight excluding hydrogens is 250 g/mol. The maximum atomic E-state index is 11.5. The van der Waals surface area contributed by atoms with Crippen molar-refractivity contribution < 1.29 is 8.42 Å². The zero-order valence-electron chi connectivity index (χ0n) is 8.59. The third-order valence-corrected chi connectivity index (χ3v) is 3.49. The van der Waals surface area contributed by atoms with E-state index in [1.54, 1.807) is 0 Å². The Labute approximate surface area is 93.9 Å². The summed E-state index contributed by atoms with van der Waals surface area (Å²) in [5, 5.41) is 6.26. The van der Waals surface area contributed by atoms with Gasteiger partial charge in [0.05, 0.1) is 5.75 Å². The minimum atomic E-state index is -3.63. The molecule has 0 saturated carbocycles. The number of nitrogens with one attached hydrogen (secondary N) is 2. The van der Waals surface area contributed by atoms with Crippen molar-refractivity contribution in [3.05, 3.63) is 20.8 Å². The van der Waals surface area contributed by atoms with Crippen molar-refractivity contribution in [3.8, 4) is 0 Å². The van der Waals surface area contributed by atoms with E-state index in [0.717, 1.165) is 0 Å². The lowest BCUT2D eigenvalue weighted by Crippen LogP contribution is -2.24. The Balaban J connectivity index is 2.84. The highest BCUT2D eigenvalue weighted by Gasteiger charge is 2.17. The smallest absolute Gasteiger partial charge is 0.290 e. The molecule has 10 heteroatoms. The van der Waals surface area contributed by atoms with E-state index >= 15 is 0 Å². The van der Waals surface area contributed by atoms with Crippen LogP contribution in [0.4, 0.5) is 0 Å². The Kier molecular flexibility index (Phi) is 2.50. The third-order valence-electron chi connectivity index (χ3n) is 2.00. The number of sulfone groups is 1. The first-order chi connectivity index (χ1) is 7.94. The largest absolute Gasteiger partial charge is 0.327 e. The van der Waals surface area contributed by atoms with Crippen molar-refractivity contribution >= 4 is 21.0 Å². The molecule has 2 aromatic heterocycles. The maximum Gasteiger partial charge on any atom is 0.327 e. The van der Waals surface area contributed by atoms with Gasteiger partial charge < -0.3 is 0 Å². The highest BCUT2D eigenvalue weighted by atomic mass is 32.2. The van der Waals surface area contributed by atoms with Crippen molar-refractivity contribution in [2.45, 2.75) is 12.1 Å². The van der Waals surface area contributed by atoms with Gasteiger partial charge in [-0.2, -0.15) is 4.98 Å². The van der Waals surface area contributed by atoms with E-state index in [1.807, 2.05) is 4.98 Å². The van der Waals surface area contributed by atoms with E-state index in [4.69, 9.17) is 0 Å². The summed E-state index contributed by atoms with van der Waals surface area (Å²) in [5.74, 6) is -0.201. The van der Waals surface area contributed by atoms with Crippen molar-refractivity contribution in [2.75, 3.05) is 5.75 Å². The van der Waals surface area contributed by atoms with Gasteiger partial charge in [-0.25, -0.2) is 13.2 Å². The molecule has 0 bridgehead atoms. The molecule has 17 heavy (non-hydrogen) atoms. The minimum absolute atomic E-state index is 0.201. The molecule has 2 heterocycles. The summed E-state index contributed by atoms with van der Waals surface area (Å²) in [6.07, 6.45) is 0. The molecule has 2 N–H and O–H groups in total. The summed E-state index contributed by atoms with van der Waals surface area (Å²) in [6, 6.07) is 0. The average Bonchev–Trinajstić information content (AvgIpc) is 2.28. The number of aromatic amines is 2. The van der Waals surface area contributed by atoms with E-state index in [1.165, 1.54) is 6.92 Å². The summed E-state index contributed by atoms with van der Waals surface area (Å²) in [5.41, 5.74) is -1.99. The van der Waals surface area contributed by atoms with Gasteiger partial charge in [0.2, 0.25) is 9.84 Å². The van der Waals surface area contributed by atoms with E-state index in [0.29, 0.717) is 0 Å². The molecule has 0 atom stereocenters. The molecule has 0 saturated heterocycles. The predicted molar refractivity (Wildman–Crippen MR) is 56.3 cm³/mol. The van der Waals surface area contributed by atoms with Crippen molar-refractivity contribution in [1.29, 1.82) is 0 Å². The number of fused-ring (bicyclic) bond motifs is 1. The zero-order chi connectivity index (χ0) is 12.6. The molecule has 0 aliphatic heterocycles. The number of rotatable bonds is 2. The molecule has 2 aromatic rings. The number of hydrogen-bond acceptors (Lipinski definition) is 7. The van der Waals surface area contributed by atoms with Crippen LogP contribution in [-0.4, -0.2) is 39.3 Å². The van der Waals surface area contributed by atoms with Gasteiger partial charge in [-0.15, -0.1) is 10.2 Å². The fourth-order valence-electron chi connectivity index (χ4n) is 1.11. The summed E-state index contributed by atoms with van der Waals surface area (Å²) in [6.45, 7) is 1.42. The van der Waals surface area contributed by atoms with Crippen molar-refractivity contribution in [1.82, 2.24) is 25.1 Å². The molecule has 0 aliphatic rings. The van der Waals surface area contributed by atoms with Crippen LogP contribution in [0.2, 0.25) is 0 Å². The van der Waals surface area contributed by atoms with Crippen molar-refractivity contribution in [2.24, 2.45) is 0 Å². The first-order valence-electron chi connectivity index (χ1n) is 4.54. The van der Waals surface area contributed by atoms with Crippen LogP contribution < -0.4 is 11.2 Å². The van der Waals surface area contributed by atoms with E-state index < -0.39 is 26.2 Å². The molecule has 2 rings (SSSR count). The second-order valence-corrected chi connectivity index (χ2v) is 5.28. The lowest BCUT2D eigenvalue weighted by molar-refractivity contribution is 0.585. The summed E-state index contributed by atoms with van der Waals surface area (Å²) >= 11 is 0. The summed E-state index contributed by atoms with van der Waals surface area (Å²) in [4.78, 5) is 30.0. The van der Waals surface area contributed by atoms with Crippen LogP contribution in [-0.2, 0) is 9.84 Å². The van der Waals surface area contributed by atoms with Crippen molar-refractivity contribution in [3.63, 3.8) is 0 Å². The maximum absolute atomic E-state index is 11.5. The van der Waals surface area contributed by atoms with Crippen LogP contribution >= 0.6 is 0 Å². The third kappa shape index (κ3) is 1.93. The number of nitrogens with zero attached hydrogens (tertiary/aromatic N) is 3. The molecule has 0 radical (unpaired) electrons. The van der Waals surface area contributed by atoms with Crippen LogP contribution in [0.15, 0.2) is 14.7 Å². The summed E-state index contributed by atoms with van der Waals surface area (Å²) in [7, 11) is -3.63. The van der Waals surface area contributed by atoms with E-state index in [2.05, 4.69) is 20.2 Å². The molecule has 0 aromatic carbocycles. The molecule has 0 unspecified atom stereocenters. The second kappa shape index (κ2) is 3.73. The molecule has 0 amide bonds. The molecule has 0 aliphatic carbocycles. The van der Waals surface area contributed by atoms with Gasteiger partial charge in [0.25, 0.3) is 10.7 Å². The minimum Gasteiger partial charge on any atom is -0.290 e. The molecule has 9 nitrogen and oxygen atoms in total. The fraction of sp³-hybridized carbons (Fsp3) is 0.286. The standard InChI is InChI=1S/C7H7N5O4S/c1-2-17(15,16)7-9-4-3(11-12-7)5(13)10-6(14)8-4/h2H2,1H3,(H2,8,9,10,12,13,14). The average molecular weight is 257 g/mol. The van der Waals surface area contributed by atoms with Crippen LogP contribution in [0.5, 0.6) is 0 Å². The van der Waals surface area contributed by atoms with Gasteiger partial charge in [-0.3, -0.25) is 14.8 Å². The monoisotopic (exact) mass is 257 g/mol.